The van der Waals surface area contributed by atoms with Crippen LogP contribution in [0.1, 0.15) is 23.7 Å². The summed E-state index contributed by atoms with van der Waals surface area (Å²) in [5.41, 5.74) is 0.785. The van der Waals surface area contributed by atoms with Gasteiger partial charge in [-0.25, -0.2) is 4.79 Å². The summed E-state index contributed by atoms with van der Waals surface area (Å²) >= 11 is 0. The number of rotatable bonds is 3. The number of hydrogen-bond donors (Lipinski definition) is 3. The molecule has 0 bridgehead atoms. The van der Waals surface area contributed by atoms with Crippen molar-refractivity contribution in [3.05, 3.63) is 23.8 Å². The minimum Gasteiger partial charge on any atom is -0.485 e. The molecule has 6 heteroatoms. The van der Waals surface area contributed by atoms with Crippen molar-refractivity contribution in [2.24, 2.45) is 0 Å². The van der Waals surface area contributed by atoms with Gasteiger partial charge in [-0.05, 0) is 25.1 Å². The molecule has 0 saturated carbocycles. The maximum absolute atomic E-state index is 10.8. The lowest BCUT2D eigenvalue weighted by Gasteiger charge is -2.32. The molecule has 2 unspecified atom stereocenters. The van der Waals surface area contributed by atoms with Crippen LogP contribution in [0.3, 0.4) is 0 Å². The molecule has 1 aliphatic heterocycles. The van der Waals surface area contributed by atoms with E-state index in [0.717, 1.165) is 0 Å². The first-order valence-electron chi connectivity index (χ1n) is 5.49. The van der Waals surface area contributed by atoms with E-state index in [9.17, 15) is 9.59 Å². The lowest BCUT2D eigenvalue weighted by molar-refractivity contribution is -0.139. The molecule has 0 radical (unpaired) electrons. The minimum atomic E-state index is -1.05. The molecule has 6 nitrogen and oxygen atoms in total. The van der Waals surface area contributed by atoms with Crippen molar-refractivity contribution in [2.45, 2.75) is 25.5 Å². The fourth-order valence-corrected chi connectivity index (χ4v) is 1.87. The van der Waals surface area contributed by atoms with Gasteiger partial charge in [-0.1, -0.05) is 0 Å². The molecular weight excluding hydrogens is 238 g/mol. The first kappa shape index (κ1) is 12.2. The van der Waals surface area contributed by atoms with Gasteiger partial charge in [0.1, 0.15) is 11.9 Å². The van der Waals surface area contributed by atoms with Crippen molar-refractivity contribution in [1.29, 1.82) is 0 Å². The Kier molecular flexibility index (Phi) is 3.10. The number of nitrogens with one attached hydrogen (secondary N) is 1. The summed E-state index contributed by atoms with van der Waals surface area (Å²) in [4.78, 5) is 21.5. The van der Waals surface area contributed by atoms with E-state index in [-0.39, 0.29) is 18.0 Å². The highest BCUT2D eigenvalue weighted by Gasteiger charge is 2.28. The van der Waals surface area contributed by atoms with Crippen LogP contribution in [-0.2, 0) is 4.79 Å². The molecule has 1 aromatic carbocycles. The standard InChI is InChI=1S/C12H13NO5/c1-6-9(5-11(14)15)18-10-4-7(12(16)17)2-3-8(10)13-6/h2-4,6,9,13H,5H2,1H3,(H,14,15)(H,16,17). The van der Waals surface area contributed by atoms with Crippen LogP contribution in [-0.4, -0.2) is 34.3 Å². The molecule has 1 aromatic rings. The van der Waals surface area contributed by atoms with Crippen LogP contribution in [0.15, 0.2) is 18.2 Å². The summed E-state index contributed by atoms with van der Waals surface area (Å²) in [6.45, 7) is 1.82. The number of fused-ring (bicyclic) bond motifs is 1. The van der Waals surface area contributed by atoms with Crippen molar-refractivity contribution in [2.75, 3.05) is 5.32 Å². The summed E-state index contributed by atoms with van der Waals surface area (Å²) in [6.07, 6.45) is -0.649. The molecule has 0 fully saturated rings. The zero-order valence-corrected chi connectivity index (χ0v) is 9.71. The van der Waals surface area contributed by atoms with Crippen LogP contribution in [0.4, 0.5) is 5.69 Å². The van der Waals surface area contributed by atoms with E-state index in [1.807, 2.05) is 6.92 Å². The third kappa shape index (κ3) is 2.37. The van der Waals surface area contributed by atoms with E-state index in [2.05, 4.69) is 5.32 Å². The van der Waals surface area contributed by atoms with E-state index in [4.69, 9.17) is 14.9 Å². The smallest absolute Gasteiger partial charge is 0.335 e. The third-order valence-corrected chi connectivity index (χ3v) is 2.82. The second-order valence-electron chi connectivity index (χ2n) is 4.20. The molecule has 96 valence electrons. The van der Waals surface area contributed by atoms with Crippen LogP contribution in [0.25, 0.3) is 0 Å². The Bertz CT molecular complexity index is 499. The molecule has 0 aromatic heterocycles. The van der Waals surface area contributed by atoms with Crippen LogP contribution < -0.4 is 10.1 Å². The molecule has 0 saturated heterocycles. The van der Waals surface area contributed by atoms with Crippen LogP contribution in [0.5, 0.6) is 5.75 Å². The summed E-state index contributed by atoms with van der Waals surface area (Å²) < 4.78 is 5.54. The van der Waals surface area contributed by atoms with Gasteiger partial charge in [0.15, 0.2) is 0 Å². The van der Waals surface area contributed by atoms with Crippen molar-refractivity contribution in [3.8, 4) is 5.75 Å². The Morgan fingerprint density at radius 1 is 1.39 bits per heavy atom. The zero-order chi connectivity index (χ0) is 13.3. The number of aliphatic carboxylic acids is 1. The van der Waals surface area contributed by atoms with Crippen molar-refractivity contribution >= 4 is 17.6 Å². The molecule has 18 heavy (non-hydrogen) atoms. The van der Waals surface area contributed by atoms with E-state index in [1.54, 1.807) is 6.07 Å². The molecule has 0 spiro atoms. The van der Waals surface area contributed by atoms with Gasteiger partial charge in [0.05, 0.1) is 23.7 Å². The second-order valence-corrected chi connectivity index (χ2v) is 4.20. The van der Waals surface area contributed by atoms with Gasteiger partial charge in [-0.3, -0.25) is 4.79 Å². The maximum atomic E-state index is 10.8. The van der Waals surface area contributed by atoms with Gasteiger partial charge in [-0.15, -0.1) is 0 Å². The molecule has 2 rings (SSSR count). The lowest BCUT2D eigenvalue weighted by atomic mass is 10.1. The van der Waals surface area contributed by atoms with Gasteiger partial charge in [0, 0.05) is 0 Å². The first-order chi connectivity index (χ1) is 8.47. The molecule has 1 heterocycles. The number of anilines is 1. The largest absolute Gasteiger partial charge is 0.485 e. The number of benzene rings is 1. The molecule has 3 N–H and O–H groups in total. The van der Waals surface area contributed by atoms with E-state index >= 15 is 0 Å². The summed E-state index contributed by atoms with van der Waals surface area (Å²) in [6, 6.07) is 4.34. The van der Waals surface area contributed by atoms with Crippen LogP contribution in [0.2, 0.25) is 0 Å². The van der Waals surface area contributed by atoms with Gasteiger partial charge in [-0.2, -0.15) is 0 Å². The number of aromatic carboxylic acids is 1. The quantitative estimate of drug-likeness (QED) is 0.751. The Morgan fingerprint density at radius 2 is 2.11 bits per heavy atom. The van der Waals surface area contributed by atoms with Gasteiger partial charge in [0.25, 0.3) is 0 Å². The SMILES string of the molecule is CC1Nc2ccc(C(=O)O)cc2OC1CC(=O)O. The Morgan fingerprint density at radius 3 is 2.72 bits per heavy atom. The topological polar surface area (TPSA) is 95.9 Å². The van der Waals surface area contributed by atoms with Crippen LogP contribution in [0, 0.1) is 0 Å². The van der Waals surface area contributed by atoms with Crippen molar-refractivity contribution in [1.82, 2.24) is 0 Å². The summed E-state index contributed by atoms with van der Waals surface area (Å²) in [7, 11) is 0. The zero-order valence-electron chi connectivity index (χ0n) is 9.71. The predicted molar refractivity (Wildman–Crippen MR) is 63.2 cm³/mol. The average molecular weight is 251 g/mol. The number of ether oxygens (including phenoxy) is 1. The van der Waals surface area contributed by atoms with Crippen molar-refractivity contribution in [3.63, 3.8) is 0 Å². The number of hydrogen-bond acceptors (Lipinski definition) is 4. The lowest BCUT2D eigenvalue weighted by Crippen LogP contribution is -2.40. The fourth-order valence-electron chi connectivity index (χ4n) is 1.87. The van der Waals surface area contributed by atoms with E-state index in [1.165, 1.54) is 12.1 Å². The monoisotopic (exact) mass is 251 g/mol. The molecule has 0 aliphatic carbocycles. The summed E-state index contributed by atoms with van der Waals surface area (Å²) in [5.74, 6) is -1.62. The molecule has 2 atom stereocenters. The predicted octanol–water partition coefficient (Wildman–Crippen LogP) is 1.42. The van der Waals surface area contributed by atoms with Crippen LogP contribution >= 0.6 is 0 Å². The number of carbonyl (C=O) groups is 2. The minimum absolute atomic E-state index is 0.110. The van der Waals surface area contributed by atoms with E-state index in [0.29, 0.717) is 11.4 Å². The molecule has 1 aliphatic rings. The fraction of sp³-hybridized carbons (Fsp3) is 0.333. The number of carboxylic acid groups (broad SMARTS) is 2. The van der Waals surface area contributed by atoms with Gasteiger partial charge in [0.2, 0.25) is 0 Å². The van der Waals surface area contributed by atoms with Crippen molar-refractivity contribution < 1.29 is 24.5 Å². The maximum Gasteiger partial charge on any atom is 0.335 e. The third-order valence-electron chi connectivity index (χ3n) is 2.82. The first-order valence-corrected chi connectivity index (χ1v) is 5.49. The Labute approximate surface area is 103 Å². The van der Waals surface area contributed by atoms with Gasteiger partial charge >= 0.3 is 11.9 Å². The van der Waals surface area contributed by atoms with E-state index < -0.39 is 18.0 Å². The summed E-state index contributed by atoms with van der Waals surface area (Å²) in [5, 5.41) is 20.8. The highest BCUT2D eigenvalue weighted by Crippen LogP contribution is 2.33. The highest BCUT2D eigenvalue weighted by atomic mass is 16.5. The normalized spacial score (nSPS) is 21.4. The highest BCUT2D eigenvalue weighted by molar-refractivity contribution is 5.89. The average Bonchev–Trinajstić information content (AvgIpc) is 2.28. The molecule has 0 amide bonds. The number of carboxylic acids is 2. The Hall–Kier alpha value is -2.24. The molecular formula is C12H13NO5. The second kappa shape index (κ2) is 4.56. The Balaban J connectivity index is 2.27. The van der Waals surface area contributed by atoms with Gasteiger partial charge < -0.3 is 20.3 Å².